The van der Waals surface area contributed by atoms with Gasteiger partial charge in [-0.25, -0.2) is 0 Å². The number of hydrogen-bond acceptors (Lipinski definition) is 4. The third-order valence-corrected chi connectivity index (χ3v) is 8.22. The van der Waals surface area contributed by atoms with Gasteiger partial charge in [-0.05, 0) is 91.9 Å². The molecule has 4 fully saturated rings. The molecule has 37 heavy (non-hydrogen) atoms. The molecule has 8 atom stereocenters. The van der Waals surface area contributed by atoms with E-state index < -0.39 is 23.7 Å². The molecule has 2 aliphatic heterocycles. The standard InChI is InChI=1S/C30H40BN2O4/c1-15(2)9-19-13-20(10-16(3)4)24-23(19)27(34)32(28(24)35)31-33-29(36)25-21(11-17(5)6)14-22(12-18(7)8)26(25)30(33)37/h9-12,19-26H,13-14H2,1-8H3. The molecule has 2 saturated heterocycles. The van der Waals surface area contributed by atoms with Gasteiger partial charge in [0.1, 0.15) is 0 Å². The third-order valence-electron chi connectivity index (χ3n) is 8.22. The number of carbonyl (C=O) groups excluding carboxylic acids is 4. The summed E-state index contributed by atoms with van der Waals surface area (Å²) >= 11 is 0. The van der Waals surface area contributed by atoms with Crippen LogP contribution < -0.4 is 0 Å². The summed E-state index contributed by atoms with van der Waals surface area (Å²) < 4.78 is 0. The van der Waals surface area contributed by atoms with E-state index in [1.165, 1.54) is 7.55 Å². The molecule has 8 unspecified atom stereocenters. The molecule has 2 heterocycles. The van der Waals surface area contributed by atoms with Crippen LogP contribution in [0.3, 0.4) is 0 Å². The molecule has 1 radical (unpaired) electrons. The predicted molar refractivity (Wildman–Crippen MR) is 144 cm³/mol. The Morgan fingerprint density at radius 3 is 0.919 bits per heavy atom. The maximum Gasteiger partial charge on any atom is 0.410 e. The molecule has 197 valence electrons. The molecule has 4 amide bonds. The number of rotatable bonds is 6. The summed E-state index contributed by atoms with van der Waals surface area (Å²) in [5.41, 5.74) is 4.44. The Labute approximate surface area is 222 Å². The van der Waals surface area contributed by atoms with Crippen molar-refractivity contribution in [2.24, 2.45) is 47.3 Å². The topological polar surface area (TPSA) is 74.8 Å². The van der Waals surface area contributed by atoms with E-state index in [0.29, 0.717) is 0 Å². The number of nitrogens with zero attached hydrogens (tertiary/aromatic N) is 2. The van der Waals surface area contributed by atoms with Crippen molar-refractivity contribution < 1.29 is 19.2 Å². The van der Waals surface area contributed by atoms with Gasteiger partial charge in [0.25, 0.3) is 0 Å². The lowest BCUT2D eigenvalue weighted by atomic mass is 9.88. The minimum Gasteiger partial charge on any atom is -0.308 e. The number of hydrogen-bond donors (Lipinski definition) is 0. The molecule has 0 aromatic heterocycles. The van der Waals surface area contributed by atoms with E-state index >= 15 is 0 Å². The summed E-state index contributed by atoms with van der Waals surface area (Å²) in [6, 6.07) is 0. The van der Waals surface area contributed by atoms with E-state index in [0.717, 1.165) is 44.8 Å². The van der Waals surface area contributed by atoms with Gasteiger partial charge in [0.05, 0.1) is 23.7 Å². The van der Waals surface area contributed by atoms with Gasteiger partial charge in [0.2, 0.25) is 23.6 Å². The Kier molecular flexibility index (Phi) is 7.56. The van der Waals surface area contributed by atoms with Crippen LogP contribution in [0.25, 0.3) is 0 Å². The van der Waals surface area contributed by atoms with E-state index in [-0.39, 0.29) is 47.3 Å². The molecule has 7 heteroatoms. The number of fused-ring (bicyclic) bond motifs is 2. The van der Waals surface area contributed by atoms with Crippen LogP contribution in [0.5, 0.6) is 0 Å². The van der Waals surface area contributed by atoms with Crippen LogP contribution in [0.1, 0.15) is 68.2 Å². The normalized spacial score (nSPS) is 34.4. The first-order valence-corrected chi connectivity index (χ1v) is 13.5. The van der Waals surface area contributed by atoms with Gasteiger partial charge in [0, 0.05) is 0 Å². The van der Waals surface area contributed by atoms with Gasteiger partial charge in [-0.2, -0.15) is 0 Å². The van der Waals surface area contributed by atoms with Crippen molar-refractivity contribution in [1.29, 1.82) is 0 Å². The molecule has 6 nitrogen and oxygen atoms in total. The van der Waals surface area contributed by atoms with Crippen molar-refractivity contribution in [1.82, 2.24) is 9.62 Å². The van der Waals surface area contributed by atoms with Crippen molar-refractivity contribution in [3.63, 3.8) is 0 Å². The van der Waals surface area contributed by atoms with Crippen LogP contribution in [0, 0.1) is 47.3 Å². The Bertz CT molecular complexity index is 960. The zero-order valence-corrected chi connectivity index (χ0v) is 23.4. The Hall–Kier alpha value is -2.70. The fourth-order valence-electron chi connectivity index (χ4n) is 7.23. The van der Waals surface area contributed by atoms with Gasteiger partial charge in [-0.15, -0.1) is 0 Å². The lowest BCUT2D eigenvalue weighted by Crippen LogP contribution is -2.49. The maximum atomic E-state index is 13.6. The second-order valence-corrected chi connectivity index (χ2v) is 12.4. The third kappa shape index (κ3) is 4.94. The lowest BCUT2D eigenvalue weighted by Gasteiger charge is -2.24. The van der Waals surface area contributed by atoms with E-state index in [4.69, 9.17) is 0 Å². The first kappa shape index (κ1) is 27.3. The lowest BCUT2D eigenvalue weighted by molar-refractivity contribution is -0.137. The minimum atomic E-state index is -0.469. The largest absolute Gasteiger partial charge is 0.410 e. The Morgan fingerprint density at radius 1 is 0.514 bits per heavy atom. The van der Waals surface area contributed by atoms with Crippen LogP contribution >= 0.6 is 0 Å². The molecule has 0 aromatic rings. The molecule has 0 bridgehead atoms. The molecule has 0 spiro atoms. The minimum absolute atomic E-state index is 0.0427. The molecule has 0 N–H and O–H groups in total. The summed E-state index contributed by atoms with van der Waals surface area (Å²) in [7, 11) is 1.23. The Morgan fingerprint density at radius 2 is 0.730 bits per heavy atom. The summed E-state index contributed by atoms with van der Waals surface area (Å²) in [6.07, 6.45) is 9.87. The molecule has 0 aromatic carbocycles. The van der Waals surface area contributed by atoms with Crippen LogP contribution in [-0.4, -0.2) is 40.8 Å². The summed E-state index contributed by atoms with van der Waals surface area (Å²) in [6.45, 7) is 16.0. The maximum absolute atomic E-state index is 13.6. The first-order valence-electron chi connectivity index (χ1n) is 13.5. The van der Waals surface area contributed by atoms with Crippen molar-refractivity contribution in [2.75, 3.05) is 0 Å². The van der Waals surface area contributed by atoms with Gasteiger partial charge in [-0.1, -0.05) is 46.6 Å². The average Bonchev–Trinajstić information content (AvgIpc) is 3.42. The van der Waals surface area contributed by atoms with Crippen LogP contribution in [0.2, 0.25) is 0 Å². The Balaban J connectivity index is 1.64. The molecule has 2 aliphatic carbocycles. The van der Waals surface area contributed by atoms with Gasteiger partial charge in [-0.3, -0.25) is 19.2 Å². The van der Waals surface area contributed by atoms with E-state index in [9.17, 15) is 19.2 Å². The fraction of sp³-hybridized carbons (Fsp3) is 0.600. The molecule has 2 saturated carbocycles. The second kappa shape index (κ2) is 10.2. The number of allylic oxidation sites excluding steroid dienone is 8. The summed E-state index contributed by atoms with van der Waals surface area (Å²) in [5.74, 6) is -3.26. The van der Waals surface area contributed by atoms with Crippen molar-refractivity contribution in [3.05, 3.63) is 46.6 Å². The predicted octanol–water partition coefficient (Wildman–Crippen LogP) is 4.86. The number of carbonyl (C=O) groups is 4. The van der Waals surface area contributed by atoms with Gasteiger partial charge in [0.15, 0.2) is 0 Å². The van der Waals surface area contributed by atoms with Gasteiger partial charge < -0.3 is 9.62 Å². The first-order chi connectivity index (χ1) is 17.3. The fourth-order valence-corrected chi connectivity index (χ4v) is 7.23. The summed E-state index contributed by atoms with van der Waals surface area (Å²) in [5, 5.41) is 0. The van der Waals surface area contributed by atoms with Gasteiger partial charge >= 0.3 is 7.55 Å². The van der Waals surface area contributed by atoms with Crippen LogP contribution in [0.4, 0.5) is 0 Å². The summed E-state index contributed by atoms with van der Waals surface area (Å²) in [4.78, 5) is 56.7. The van der Waals surface area contributed by atoms with Crippen molar-refractivity contribution >= 4 is 31.2 Å². The van der Waals surface area contributed by atoms with E-state index in [1.807, 2.05) is 55.4 Å². The molecule has 4 aliphatic rings. The monoisotopic (exact) mass is 503 g/mol. The molecular formula is C30H40BN2O4. The van der Waals surface area contributed by atoms with Crippen molar-refractivity contribution in [2.45, 2.75) is 68.2 Å². The SMILES string of the molecule is CC(C)=CC1CC(C=C(C)C)C2C(=O)N([B]N3C(=O)C4C(C=C(C)C)CC(C=C(C)C)C4C3=O)C(=O)C12. The zero-order chi connectivity index (χ0) is 27.3. The average molecular weight is 503 g/mol. The van der Waals surface area contributed by atoms with E-state index in [1.54, 1.807) is 0 Å². The second-order valence-electron chi connectivity index (χ2n) is 12.4. The molecule has 4 rings (SSSR count). The molecular weight excluding hydrogens is 463 g/mol. The van der Waals surface area contributed by atoms with Crippen LogP contribution in [-0.2, 0) is 19.2 Å². The number of imide groups is 2. The zero-order valence-electron chi connectivity index (χ0n) is 23.4. The van der Waals surface area contributed by atoms with E-state index in [2.05, 4.69) is 24.3 Å². The highest BCUT2D eigenvalue weighted by Crippen LogP contribution is 2.51. The van der Waals surface area contributed by atoms with Crippen LogP contribution in [0.15, 0.2) is 46.6 Å². The highest BCUT2D eigenvalue weighted by atomic mass is 16.2. The highest BCUT2D eigenvalue weighted by Gasteiger charge is 2.61. The number of amides is 4. The van der Waals surface area contributed by atoms with Crippen molar-refractivity contribution in [3.8, 4) is 0 Å². The smallest absolute Gasteiger partial charge is 0.308 e. The quantitative estimate of drug-likeness (QED) is 0.295. The highest BCUT2D eigenvalue weighted by molar-refractivity contribution is 6.49.